The summed E-state index contributed by atoms with van der Waals surface area (Å²) < 4.78 is 4.98. The van der Waals surface area contributed by atoms with Gasteiger partial charge in [-0.3, -0.25) is 10.1 Å². The van der Waals surface area contributed by atoms with Gasteiger partial charge in [0, 0.05) is 11.6 Å². The lowest BCUT2D eigenvalue weighted by molar-refractivity contribution is -0.384. The molecule has 1 atom stereocenters. The highest BCUT2D eigenvalue weighted by Crippen LogP contribution is 2.56. The lowest BCUT2D eigenvalue weighted by Crippen LogP contribution is -1.93. The van der Waals surface area contributed by atoms with E-state index in [-0.39, 0.29) is 5.69 Å². The summed E-state index contributed by atoms with van der Waals surface area (Å²) in [5.74, 6) is 0.758. The third kappa shape index (κ3) is 1.22. The van der Waals surface area contributed by atoms with E-state index in [1.807, 2.05) is 6.92 Å². The molecule has 1 aromatic carbocycles. The molecule has 0 fully saturated rings. The average Bonchev–Trinajstić information content (AvgIpc) is 2.93. The lowest BCUT2D eigenvalue weighted by atomic mass is 10.1. The monoisotopic (exact) mass is 195 g/mol. The number of hydrogen-bond acceptors (Lipinski definition) is 4. The van der Waals surface area contributed by atoms with Crippen LogP contribution in [0, 0.1) is 10.1 Å². The molecule has 0 bridgehead atoms. The predicted molar refractivity (Wildman–Crippen MR) is 48.4 cm³/mol. The van der Waals surface area contributed by atoms with E-state index in [4.69, 9.17) is 4.74 Å². The zero-order valence-corrected chi connectivity index (χ0v) is 7.56. The molecule has 5 nitrogen and oxygen atoms in total. The zero-order chi connectivity index (χ0) is 10.3. The summed E-state index contributed by atoms with van der Waals surface area (Å²) in [6.07, 6.45) is -0.0415. The Balaban J connectivity index is 2.39. The Morgan fingerprint density at radius 3 is 2.86 bits per heavy atom. The first kappa shape index (κ1) is 8.96. The van der Waals surface area contributed by atoms with E-state index in [0.717, 1.165) is 0 Å². The number of ether oxygens (including phenoxy) is 1. The number of fused-ring (bicyclic) bond motifs is 1. The van der Waals surface area contributed by atoms with Crippen LogP contribution in [0.1, 0.15) is 25.0 Å². The third-order valence-corrected chi connectivity index (χ3v) is 2.23. The van der Waals surface area contributed by atoms with Gasteiger partial charge in [-0.2, -0.15) is 0 Å². The van der Waals surface area contributed by atoms with Gasteiger partial charge >= 0.3 is 5.69 Å². The second kappa shape index (κ2) is 2.95. The van der Waals surface area contributed by atoms with Crippen molar-refractivity contribution in [2.24, 2.45) is 0 Å². The van der Waals surface area contributed by atoms with Gasteiger partial charge in [-0.25, -0.2) is 0 Å². The van der Waals surface area contributed by atoms with E-state index >= 15 is 0 Å². The number of nitro benzene ring substituents is 1. The Bertz CT molecular complexity index is 402. The molecule has 0 saturated heterocycles. The summed E-state index contributed by atoms with van der Waals surface area (Å²) in [6, 6.07) is 2.90. The van der Waals surface area contributed by atoms with Crippen molar-refractivity contribution in [3.8, 4) is 11.5 Å². The molecule has 1 N–H and O–H groups in total. The molecule has 1 aromatic rings. The first-order valence-electron chi connectivity index (χ1n) is 4.32. The van der Waals surface area contributed by atoms with Crippen LogP contribution in [0.4, 0.5) is 5.69 Å². The first-order valence-corrected chi connectivity index (χ1v) is 4.32. The van der Waals surface area contributed by atoms with Gasteiger partial charge in [0.1, 0.15) is 0 Å². The van der Waals surface area contributed by atoms with Gasteiger partial charge < -0.3 is 9.84 Å². The second-order valence-corrected chi connectivity index (χ2v) is 3.12. The van der Waals surface area contributed by atoms with E-state index < -0.39 is 11.0 Å². The smallest absolute Gasteiger partial charge is 0.315 e. The molecule has 14 heavy (non-hydrogen) atoms. The van der Waals surface area contributed by atoms with Crippen molar-refractivity contribution in [3.05, 3.63) is 27.8 Å². The van der Waals surface area contributed by atoms with Crippen LogP contribution in [0.2, 0.25) is 0 Å². The number of nitrogens with zero attached hydrogens (tertiary/aromatic N) is 1. The van der Waals surface area contributed by atoms with E-state index in [1.54, 1.807) is 0 Å². The van der Waals surface area contributed by atoms with Gasteiger partial charge in [0.15, 0.2) is 5.75 Å². The van der Waals surface area contributed by atoms with Crippen molar-refractivity contribution >= 4 is 5.69 Å². The normalized spacial score (nSPS) is 14.1. The van der Waals surface area contributed by atoms with Gasteiger partial charge in [0.05, 0.1) is 11.0 Å². The van der Waals surface area contributed by atoms with Gasteiger partial charge in [-0.1, -0.05) is 6.92 Å². The fraction of sp³-hybridized carbons (Fsp3) is 0.333. The molecule has 5 heteroatoms. The molecule has 74 valence electrons. The summed E-state index contributed by atoms with van der Waals surface area (Å²) >= 11 is 0. The van der Waals surface area contributed by atoms with Crippen molar-refractivity contribution < 1.29 is 14.8 Å². The zero-order valence-electron chi connectivity index (χ0n) is 7.56. The van der Waals surface area contributed by atoms with Gasteiger partial charge in [0.25, 0.3) is 0 Å². The minimum atomic E-state index is -0.605. The van der Waals surface area contributed by atoms with Gasteiger partial charge in [0.2, 0.25) is 5.75 Å². The topological polar surface area (TPSA) is 75.9 Å². The number of nitro groups is 1. The second-order valence-electron chi connectivity index (χ2n) is 3.12. The molecule has 1 heterocycles. The number of benzene rings is 1. The van der Waals surface area contributed by atoms with E-state index in [2.05, 4.69) is 0 Å². The quantitative estimate of drug-likeness (QED) is 0.462. The third-order valence-electron chi connectivity index (χ3n) is 2.23. The number of rotatable bonds is 3. The van der Waals surface area contributed by atoms with Crippen molar-refractivity contribution in [1.29, 1.82) is 0 Å². The largest absolute Gasteiger partial charge is 0.442 e. The summed E-state index contributed by atoms with van der Waals surface area (Å²) in [5, 5.41) is 20.0. The number of aliphatic hydroxyl groups excluding tert-OH is 1. The Labute approximate surface area is 80.1 Å². The minimum Gasteiger partial charge on any atom is -0.442 e. The maximum atomic E-state index is 10.5. The minimum absolute atomic E-state index is 0.0351. The van der Waals surface area contributed by atoms with Crippen molar-refractivity contribution in [2.45, 2.75) is 19.4 Å². The molecular weight excluding hydrogens is 186 g/mol. The first-order chi connectivity index (χ1) is 6.65. The van der Waals surface area contributed by atoms with Crippen LogP contribution in [0.15, 0.2) is 12.1 Å². The predicted octanol–water partition coefficient (Wildman–Crippen LogP) is 2.14. The SMILES string of the molecule is CCC(O)c1ccc([N+](=O)[O-])c2c1O2. The molecule has 0 aromatic heterocycles. The van der Waals surface area contributed by atoms with Gasteiger partial charge in [-0.15, -0.1) is 0 Å². The van der Waals surface area contributed by atoms with Crippen LogP contribution < -0.4 is 4.74 Å². The molecule has 1 unspecified atom stereocenters. The fourth-order valence-corrected chi connectivity index (χ4v) is 1.38. The number of hydrogen-bond donors (Lipinski definition) is 1. The Morgan fingerprint density at radius 2 is 2.29 bits per heavy atom. The highest BCUT2D eigenvalue weighted by molar-refractivity contribution is 5.70. The summed E-state index contributed by atoms with van der Waals surface area (Å²) in [6.45, 7) is 1.83. The fourth-order valence-electron chi connectivity index (χ4n) is 1.38. The highest BCUT2D eigenvalue weighted by atomic mass is 16.6. The molecule has 0 saturated carbocycles. The Morgan fingerprint density at radius 1 is 1.57 bits per heavy atom. The molecule has 0 aliphatic carbocycles. The van der Waals surface area contributed by atoms with Crippen LogP contribution in [0.25, 0.3) is 0 Å². The highest BCUT2D eigenvalue weighted by Gasteiger charge is 2.36. The standard InChI is InChI=1S/C9H9NO4/c1-2-7(11)5-3-4-6(10(12)13)9-8(5)14-9/h3-4,7,11H,2H2,1H3. The molecule has 0 spiro atoms. The molecule has 0 radical (unpaired) electrons. The Kier molecular flexibility index (Phi) is 1.89. The maximum Gasteiger partial charge on any atom is 0.315 e. The summed E-state index contributed by atoms with van der Waals surface area (Å²) in [5.41, 5.74) is 0.597. The molecular formula is C9H9NO4. The van der Waals surface area contributed by atoms with Crippen LogP contribution >= 0.6 is 0 Å². The number of aliphatic hydroxyl groups is 1. The summed E-state index contributed by atoms with van der Waals surface area (Å²) in [4.78, 5) is 9.98. The van der Waals surface area contributed by atoms with E-state index in [1.165, 1.54) is 12.1 Å². The van der Waals surface area contributed by atoms with Crippen molar-refractivity contribution in [3.63, 3.8) is 0 Å². The van der Waals surface area contributed by atoms with Crippen LogP contribution in [-0.2, 0) is 0 Å². The van der Waals surface area contributed by atoms with E-state index in [9.17, 15) is 15.2 Å². The van der Waals surface area contributed by atoms with Gasteiger partial charge in [-0.05, 0) is 12.5 Å². The Hall–Kier alpha value is -1.62. The van der Waals surface area contributed by atoms with Crippen LogP contribution in [-0.4, -0.2) is 10.0 Å². The molecule has 1 aliphatic heterocycles. The molecule has 0 amide bonds. The lowest BCUT2D eigenvalue weighted by Gasteiger charge is -2.03. The summed E-state index contributed by atoms with van der Waals surface area (Å²) in [7, 11) is 0. The van der Waals surface area contributed by atoms with Crippen molar-refractivity contribution in [1.82, 2.24) is 0 Å². The average molecular weight is 195 g/mol. The van der Waals surface area contributed by atoms with Crippen LogP contribution in [0.5, 0.6) is 11.5 Å². The van der Waals surface area contributed by atoms with E-state index in [0.29, 0.717) is 23.5 Å². The molecule has 1 aliphatic rings. The van der Waals surface area contributed by atoms with Crippen molar-refractivity contribution in [2.75, 3.05) is 0 Å². The maximum absolute atomic E-state index is 10.5. The van der Waals surface area contributed by atoms with Crippen LogP contribution in [0.3, 0.4) is 0 Å². The molecule has 2 rings (SSSR count).